The van der Waals surface area contributed by atoms with Crippen LogP contribution in [0.3, 0.4) is 0 Å². The summed E-state index contributed by atoms with van der Waals surface area (Å²) in [7, 11) is -2.30. The van der Waals surface area contributed by atoms with Crippen molar-refractivity contribution in [1.82, 2.24) is 9.97 Å². The third-order valence-electron chi connectivity index (χ3n) is 2.32. The molecule has 0 radical (unpaired) electrons. The van der Waals surface area contributed by atoms with Crippen LogP contribution in [-0.4, -0.2) is 25.5 Å². The van der Waals surface area contributed by atoms with Crippen LogP contribution >= 0.6 is 0 Å². The number of ether oxygens (including phenoxy) is 1. The molecule has 0 amide bonds. The first-order valence-corrected chi connectivity index (χ1v) is 6.72. The number of nitrogens with two attached hydrogens (primary N) is 1. The molecule has 0 bridgehead atoms. The summed E-state index contributed by atoms with van der Waals surface area (Å²) in [5.41, 5.74) is 6.07. The van der Waals surface area contributed by atoms with Gasteiger partial charge in [-0.2, -0.15) is 0 Å². The predicted molar refractivity (Wildman–Crippen MR) is 70.2 cm³/mol. The molecule has 0 unspecified atom stereocenters. The SMILES string of the molecule is COc1ccc(S(=O)(=O)Nc2cncnc2)c(N)c1. The van der Waals surface area contributed by atoms with E-state index in [-0.39, 0.29) is 16.3 Å². The number of aromatic nitrogens is 2. The highest BCUT2D eigenvalue weighted by Gasteiger charge is 2.18. The van der Waals surface area contributed by atoms with E-state index in [0.29, 0.717) is 5.75 Å². The van der Waals surface area contributed by atoms with E-state index in [0.717, 1.165) is 0 Å². The third-order valence-corrected chi connectivity index (χ3v) is 3.77. The summed E-state index contributed by atoms with van der Waals surface area (Å²) in [5, 5.41) is 0. The average Bonchev–Trinajstić information content (AvgIpc) is 2.38. The van der Waals surface area contributed by atoms with E-state index in [9.17, 15) is 8.42 Å². The van der Waals surface area contributed by atoms with Crippen molar-refractivity contribution in [1.29, 1.82) is 0 Å². The molecule has 0 aliphatic carbocycles. The average molecular weight is 280 g/mol. The van der Waals surface area contributed by atoms with Crippen LogP contribution in [0.4, 0.5) is 11.4 Å². The number of rotatable bonds is 4. The van der Waals surface area contributed by atoms with E-state index in [2.05, 4.69) is 14.7 Å². The van der Waals surface area contributed by atoms with Gasteiger partial charge in [-0.15, -0.1) is 0 Å². The van der Waals surface area contributed by atoms with Crippen LogP contribution in [0.25, 0.3) is 0 Å². The molecule has 0 saturated carbocycles. The Morgan fingerprint density at radius 2 is 1.95 bits per heavy atom. The Labute approximate surface area is 110 Å². The maximum atomic E-state index is 12.1. The second-order valence-corrected chi connectivity index (χ2v) is 5.29. The number of nitrogen functional groups attached to an aromatic ring is 1. The molecule has 3 N–H and O–H groups in total. The van der Waals surface area contributed by atoms with Gasteiger partial charge in [0.05, 0.1) is 30.9 Å². The number of hydrogen-bond donors (Lipinski definition) is 2. The quantitative estimate of drug-likeness (QED) is 0.805. The van der Waals surface area contributed by atoms with Gasteiger partial charge >= 0.3 is 0 Å². The van der Waals surface area contributed by atoms with Crippen molar-refractivity contribution in [2.75, 3.05) is 17.6 Å². The molecule has 2 aromatic rings. The molecular formula is C11H12N4O3S. The van der Waals surface area contributed by atoms with Crippen molar-refractivity contribution < 1.29 is 13.2 Å². The topological polar surface area (TPSA) is 107 Å². The monoisotopic (exact) mass is 280 g/mol. The van der Waals surface area contributed by atoms with Crippen LogP contribution in [0.5, 0.6) is 5.75 Å². The van der Waals surface area contributed by atoms with Crippen molar-refractivity contribution in [2.24, 2.45) is 0 Å². The van der Waals surface area contributed by atoms with Crippen LogP contribution in [0.15, 0.2) is 41.8 Å². The molecule has 0 spiro atoms. The van der Waals surface area contributed by atoms with E-state index in [1.165, 1.54) is 44.0 Å². The lowest BCUT2D eigenvalue weighted by Crippen LogP contribution is -2.15. The molecule has 0 aliphatic heterocycles. The summed E-state index contributed by atoms with van der Waals surface area (Å²) >= 11 is 0. The standard InChI is InChI=1S/C11H12N4O3S/c1-18-9-2-3-11(10(12)4-9)19(16,17)15-8-5-13-7-14-6-8/h2-7,15H,12H2,1H3. The molecule has 0 aliphatic rings. The number of sulfonamides is 1. The van der Waals surface area contributed by atoms with Gasteiger partial charge in [-0.3, -0.25) is 4.72 Å². The Hall–Kier alpha value is -2.35. The van der Waals surface area contributed by atoms with Crippen molar-refractivity contribution in [2.45, 2.75) is 4.90 Å². The first-order valence-electron chi connectivity index (χ1n) is 5.24. The minimum absolute atomic E-state index is 0.0304. The van der Waals surface area contributed by atoms with Crippen molar-refractivity contribution >= 4 is 21.4 Å². The van der Waals surface area contributed by atoms with Crippen molar-refractivity contribution in [3.63, 3.8) is 0 Å². The summed E-state index contributed by atoms with van der Waals surface area (Å²) in [6, 6.07) is 4.34. The summed E-state index contributed by atoms with van der Waals surface area (Å²) in [6.45, 7) is 0. The minimum atomic E-state index is -3.78. The molecule has 2 rings (SSSR count). The van der Waals surface area contributed by atoms with E-state index in [4.69, 9.17) is 10.5 Å². The van der Waals surface area contributed by atoms with E-state index >= 15 is 0 Å². The zero-order chi connectivity index (χ0) is 13.9. The highest BCUT2D eigenvalue weighted by atomic mass is 32.2. The van der Waals surface area contributed by atoms with Crippen LogP contribution in [-0.2, 0) is 10.0 Å². The van der Waals surface area contributed by atoms with Gasteiger partial charge in [0.25, 0.3) is 10.0 Å². The summed E-state index contributed by atoms with van der Waals surface area (Å²) in [6.07, 6.45) is 4.01. The van der Waals surface area contributed by atoms with Gasteiger partial charge in [0.2, 0.25) is 0 Å². The summed E-state index contributed by atoms with van der Waals surface area (Å²) in [4.78, 5) is 7.42. The second-order valence-electron chi connectivity index (χ2n) is 3.64. The molecular weight excluding hydrogens is 268 g/mol. The number of anilines is 2. The zero-order valence-electron chi connectivity index (χ0n) is 10.1. The fourth-order valence-corrected chi connectivity index (χ4v) is 2.60. The molecule has 1 aromatic carbocycles. The van der Waals surface area contributed by atoms with Crippen LogP contribution in [0.2, 0.25) is 0 Å². The highest BCUT2D eigenvalue weighted by Crippen LogP contribution is 2.25. The molecule has 0 atom stereocenters. The normalized spacial score (nSPS) is 11.0. The maximum Gasteiger partial charge on any atom is 0.264 e. The van der Waals surface area contributed by atoms with Gasteiger partial charge in [0, 0.05) is 6.07 Å². The highest BCUT2D eigenvalue weighted by molar-refractivity contribution is 7.92. The smallest absolute Gasteiger partial charge is 0.264 e. The molecule has 1 aromatic heterocycles. The lowest BCUT2D eigenvalue weighted by molar-refractivity contribution is 0.414. The van der Waals surface area contributed by atoms with Crippen LogP contribution in [0, 0.1) is 0 Å². The molecule has 8 heteroatoms. The van der Waals surface area contributed by atoms with Crippen molar-refractivity contribution in [3.05, 3.63) is 36.9 Å². The van der Waals surface area contributed by atoms with Gasteiger partial charge in [-0.1, -0.05) is 0 Å². The molecule has 19 heavy (non-hydrogen) atoms. The van der Waals surface area contributed by atoms with Gasteiger partial charge in [0.1, 0.15) is 17.0 Å². The number of hydrogen-bond acceptors (Lipinski definition) is 6. The molecule has 100 valence electrons. The first-order chi connectivity index (χ1) is 9.03. The zero-order valence-corrected chi connectivity index (χ0v) is 10.9. The lowest BCUT2D eigenvalue weighted by Gasteiger charge is -2.10. The third kappa shape index (κ3) is 2.91. The number of nitrogens with one attached hydrogen (secondary N) is 1. The Kier molecular flexibility index (Phi) is 3.52. The number of benzene rings is 1. The maximum absolute atomic E-state index is 12.1. The summed E-state index contributed by atoms with van der Waals surface area (Å²) in [5.74, 6) is 0.486. The van der Waals surface area contributed by atoms with E-state index in [1.54, 1.807) is 0 Å². The minimum Gasteiger partial charge on any atom is -0.497 e. The Morgan fingerprint density at radius 1 is 1.26 bits per heavy atom. The Balaban J connectivity index is 2.35. The van der Waals surface area contributed by atoms with Gasteiger partial charge in [0.15, 0.2) is 0 Å². The predicted octanol–water partition coefficient (Wildman–Crippen LogP) is 0.868. The Bertz CT molecular complexity index is 674. The van der Waals surface area contributed by atoms with Crippen molar-refractivity contribution in [3.8, 4) is 5.75 Å². The number of nitrogens with zero attached hydrogens (tertiary/aromatic N) is 2. The first kappa shape index (κ1) is 13.1. The molecule has 7 nitrogen and oxygen atoms in total. The van der Waals surface area contributed by atoms with E-state index in [1.807, 2.05) is 0 Å². The molecule has 0 saturated heterocycles. The second kappa shape index (κ2) is 5.11. The lowest BCUT2D eigenvalue weighted by atomic mass is 10.3. The fourth-order valence-electron chi connectivity index (χ4n) is 1.46. The fraction of sp³-hybridized carbons (Fsp3) is 0.0909. The summed E-state index contributed by atoms with van der Waals surface area (Å²) < 4.78 is 31.6. The number of methoxy groups -OCH3 is 1. The van der Waals surface area contributed by atoms with Crippen LogP contribution < -0.4 is 15.2 Å². The molecule has 0 fully saturated rings. The van der Waals surface area contributed by atoms with Gasteiger partial charge in [-0.05, 0) is 12.1 Å². The van der Waals surface area contributed by atoms with Crippen LogP contribution in [0.1, 0.15) is 0 Å². The van der Waals surface area contributed by atoms with Gasteiger partial charge in [-0.25, -0.2) is 18.4 Å². The van der Waals surface area contributed by atoms with Gasteiger partial charge < -0.3 is 10.5 Å². The largest absolute Gasteiger partial charge is 0.497 e. The molecule has 1 heterocycles. The Morgan fingerprint density at radius 3 is 2.53 bits per heavy atom. The van der Waals surface area contributed by atoms with E-state index < -0.39 is 10.0 Å².